The minimum absolute atomic E-state index is 0.163. The fourth-order valence-electron chi connectivity index (χ4n) is 1.34. The molecule has 0 fully saturated rings. The normalized spacial score (nSPS) is 9.50. The van der Waals surface area contributed by atoms with Crippen LogP contribution in [0.5, 0.6) is 5.75 Å². The molecule has 0 bridgehead atoms. The van der Waals surface area contributed by atoms with Crippen molar-refractivity contribution in [1.82, 2.24) is 5.32 Å². The smallest absolute Gasteiger partial charge is 0.407 e. The predicted molar refractivity (Wildman–Crippen MR) is 66.8 cm³/mol. The van der Waals surface area contributed by atoms with Gasteiger partial charge in [-0.25, -0.2) is 4.79 Å². The third-order valence-electron chi connectivity index (χ3n) is 2.21. The van der Waals surface area contributed by atoms with Crippen molar-refractivity contribution >= 4 is 17.7 Å². The first-order chi connectivity index (χ1) is 8.56. The molecule has 2 amide bonds. The molecule has 0 atom stereocenters. The van der Waals surface area contributed by atoms with Gasteiger partial charge in [0.15, 0.2) is 0 Å². The van der Waals surface area contributed by atoms with E-state index >= 15 is 0 Å². The average molecular weight is 252 g/mol. The Labute approximate surface area is 105 Å². The fraction of sp³-hybridized carbons (Fsp3) is 0.333. The van der Waals surface area contributed by atoms with E-state index in [0.29, 0.717) is 11.4 Å². The molecule has 98 valence electrons. The van der Waals surface area contributed by atoms with Crippen molar-refractivity contribution in [2.24, 2.45) is 0 Å². The monoisotopic (exact) mass is 252 g/mol. The number of carbonyl (C=O) groups is 2. The summed E-state index contributed by atoms with van der Waals surface area (Å²) in [6.07, 6.45) is -0.652. The number of benzene rings is 1. The van der Waals surface area contributed by atoms with Gasteiger partial charge in [-0.2, -0.15) is 0 Å². The number of hydrogen-bond donors (Lipinski definition) is 2. The van der Waals surface area contributed by atoms with Crippen LogP contribution in [0.2, 0.25) is 0 Å². The number of aryl methyl sites for hydroxylation is 1. The van der Waals surface area contributed by atoms with Crippen molar-refractivity contribution in [2.45, 2.75) is 6.92 Å². The number of ether oxygens (including phenoxy) is 2. The van der Waals surface area contributed by atoms with Crippen molar-refractivity contribution in [2.75, 3.05) is 26.1 Å². The molecule has 0 spiro atoms. The zero-order chi connectivity index (χ0) is 13.5. The molecule has 0 saturated carbocycles. The van der Waals surface area contributed by atoms with E-state index in [1.807, 2.05) is 13.0 Å². The van der Waals surface area contributed by atoms with Crippen LogP contribution in [0.15, 0.2) is 18.2 Å². The molecule has 1 aromatic rings. The lowest BCUT2D eigenvalue weighted by molar-refractivity contribution is -0.115. The molecule has 1 aromatic carbocycles. The summed E-state index contributed by atoms with van der Waals surface area (Å²) in [5.74, 6) is 0.205. The molecule has 0 aromatic heterocycles. The number of rotatable bonds is 4. The molecule has 6 heteroatoms. The Balaban J connectivity index is 2.63. The van der Waals surface area contributed by atoms with E-state index < -0.39 is 6.09 Å². The van der Waals surface area contributed by atoms with Crippen LogP contribution in [-0.4, -0.2) is 32.8 Å². The lowest BCUT2D eigenvalue weighted by atomic mass is 10.2. The first kappa shape index (κ1) is 13.8. The summed E-state index contributed by atoms with van der Waals surface area (Å²) in [5.41, 5.74) is 1.56. The van der Waals surface area contributed by atoms with Crippen LogP contribution in [0, 0.1) is 6.92 Å². The molecule has 0 saturated heterocycles. The van der Waals surface area contributed by atoms with E-state index in [-0.39, 0.29) is 12.5 Å². The van der Waals surface area contributed by atoms with Crippen molar-refractivity contribution in [3.8, 4) is 5.75 Å². The van der Waals surface area contributed by atoms with Crippen LogP contribution in [0.1, 0.15) is 5.56 Å². The molecule has 18 heavy (non-hydrogen) atoms. The zero-order valence-electron chi connectivity index (χ0n) is 10.6. The highest BCUT2D eigenvalue weighted by Crippen LogP contribution is 2.24. The highest BCUT2D eigenvalue weighted by Gasteiger charge is 2.09. The number of carbonyl (C=O) groups excluding carboxylic acids is 2. The molecule has 0 aliphatic carbocycles. The fourth-order valence-corrected chi connectivity index (χ4v) is 1.34. The van der Waals surface area contributed by atoms with E-state index in [1.165, 1.54) is 14.2 Å². The number of nitrogens with one attached hydrogen (secondary N) is 2. The van der Waals surface area contributed by atoms with Crippen molar-refractivity contribution in [3.63, 3.8) is 0 Å². The van der Waals surface area contributed by atoms with Crippen LogP contribution in [0.3, 0.4) is 0 Å². The Bertz CT molecular complexity index is 446. The summed E-state index contributed by atoms with van der Waals surface area (Å²) < 4.78 is 9.48. The molecule has 6 nitrogen and oxygen atoms in total. The van der Waals surface area contributed by atoms with Crippen LogP contribution >= 0.6 is 0 Å². The minimum atomic E-state index is -0.652. The number of alkyl carbamates (subject to hydrolysis) is 1. The van der Waals surface area contributed by atoms with E-state index in [4.69, 9.17) is 4.74 Å². The molecular weight excluding hydrogens is 236 g/mol. The van der Waals surface area contributed by atoms with Gasteiger partial charge in [0, 0.05) is 0 Å². The number of hydrogen-bond acceptors (Lipinski definition) is 4. The zero-order valence-corrected chi connectivity index (χ0v) is 10.6. The first-order valence-electron chi connectivity index (χ1n) is 5.33. The SMILES string of the molecule is COC(=O)NCC(=O)Nc1cc(C)ccc1OC. The van der Waals surface area contributed by atoms with Gasteiger partial charge in [0.25, 0.3) is 0 Å². The standard InChI is InChI=1S/C12H16N2O4/c1-8-4-5-10(17-2)9(6-8)14-11(15)7-13-12(16)18-3/h4-6H,7H2,1-3H3,(H,13,16)(H,14,15). The largest absolute Gasteiger partial charge is 0.495 e. The van der Waals surface area contributed by atoms with Gasteiger partial charge in [0.1, 0.15) is 12.3 Å². The quantitative estimate of drug-likeness (QED) is 0.846. The predicted octanol–water partition coefficient (Wildman–Crippen LogP) is 1.30. The lowest BCUT2D eigenvalue weighted by Gasteiger charge is -2.11. The summed E-state index contributed by atoms with van der Waals surface area (Å²) in [7, 11) is 2.75. The van der Waals surface area contributed by atoms with Crippen molar-refractivity contribution in [3.05, 3.63) is 23.8 Å². The van der Waals surface area contributed by atoms with E-state index in [2.05, 4.69) is 15.4 Å². The summed E-state index contributed by atoms with van der Waals surface area (Å²) in [5, 5.41) is 4.94. The minimum Gasteiger partial charge on any atom is -0.495 e. The highest BCUT2D eigenvalue weighted by atomic mass is 16.5. The summed E-state index contributed by atoms with van der Waals surface area (Å²) >= 11 is 0. The highest BCUT2D eigenvalue weighted by molar-refractivity contribution is 5.95. The average Bonchev–Trinajstić information content (AvgIpc) is 2.36. The number of methoxy groups -OCH3 is 2. The van der Waals surface area contributed by atoms with Gasteiger partial charge in [-0.15, -0.1) is 0 Å². The molecule has 0 aliphatic heterocycles. The van der Waals surface area contributed by atoms with Crippen LogP contribution < -0.4 is 15.4 Å². The molecule has 2 N–H and O–H groups in total. The second-order valence-corrected chi connectivity index (χ2v) is 3.60. The van der Waals surface area contributed by atoms with Gasteiger partial charge in [0.05, 0.1) is 19.9 Å². The molecule has 0 radical (unpaired) electrons. The van der Waals surface area contributed by atoms with Crippen molar-refractivity contribution in [1.29, 1.82) is 0 Å². The Kier molecular flexibility index (Phi) is 4.98. The van der Waals surface area contributed by atoms with Crippen LogP contribution in [-0.2, 0) is 9.53 Å². The van der Waals surface area contributed by atoms with Gasteiger partial charge in [-0.1, -0.05) is 6.07 Å². The Hall–Kier alpha value is -2.24. The topological polar surface area (TPSA) is 76.7 Å². The molecular formula is C12H16N2O4. The van der Waals surface area contributed by atoms with Gasteiger partial charge in [-0.05, 0) is 24.6 Å². The first-order valence-corrected chi connectivity index (χ1v) is 5.33. The van der Waals surface area contributed by atoms with E-state index in [1.54, 1.807) is 12.1 Å². The Morgan fingerprint density at radius 3 is 2.61 bits per heavy atom. The van der Waals surface area contributed by atoms with Gasteiger partial charge < -0.3 is 20.1 Å². The lowest BCUT2D eigenvalue weighted by Crippen LogP contribution is -2.32. The molecule has 0 aliphatic rings. The molecule has 1 rings (SSSR count). The Morgan fingerprint density at radius 1 is 1.28 bits per heavy atom. The third kappa shape index (κ3) is 3.97. The molecule has 0 heterocycles. The maximum Gasteiger partial charge on any atom is 0.407 e. The van der Waals surface area contributed by atoms with Crippen LogP contribution in [0.4, 0.5) is 10.5 Å². The Morgan fingerprint density at radius 2 is 2.00 bits per heavy atom. The summed E-state index contributed by atoms with van der Waals surface area (Å²) in [6, 6.07) is 5.43. The second kappa shape index (κ2) is 6.48. The van der Waals surface area contributed by atoms with Crippen LogP contribution in [0.25, 0.3) is 0 Å². The van der Waals surface area contributed by atoms with Gasteiger partial charge >= 0.3 is 6.09 Å². The third-order valence-corrected chi connectivity index (χ3v) is 2.21. The number of amides is 2. The van der Waals surface area contributed by atoms with E-state index in [9.17, 15) is 9.59 Å². The van der Waals surface area contributed by atoms with Gasteiger partial charge in [-0.3, -0.25) is 4.79 Å². The van der Waals surface area contributed by atoms with Gasteiger partial charge in [0.2, 0.25) is 5.91 Å². The maximum absolute atomic E-state index is 11.6. The molecule has 0 unspecified atom stereocenters. The summed E-state index contributed by atoms with van der Waals surface area (Å²) in [4.78, 5) is 22.4. The van der Waals surface area contributed by atoms with E-state index in [0.717, 1.165) is 5.56 Å². The number of anilines is 1. The van der Waals surface area contributed by atoms with Crippen molar-refractivity contribution < 1.29 is 19.1 Å². The maximum atomic E-state index is 11.6. The second-order valence-electron chi connectivity index (χ2n) is 3.60. The summed E-state index contributed by atoms with van der Waals surface area (Å²) in [6.45, 7) is 1.74.